The van der Waals surface area contributed by atoms with Gasteiger partial charge in [0, 0.05) is 12.1 Å². The molecule has 0 bridgehead atoms. The molecule has 1 rings (SSSR count). The van der Waals surface area contributed by atoms with E-state index in [0.717, 1.165) is 0 Å². The number of benzene rings is 1. The van der Waals surface area contributed by atoms with E-state index in [9.17, 15) is 14.9 Å². The van der Waals surface area contributed by atoms with Gasteiger partial charge in [-0.1, -0.05) is 18.1 Å². The van der Waals surface area contributed by atoms with E-state index in [1.54, 1.807) is 32.0 Å². The monoisotopic (exact) mass is 258 g/mol. The summed E-state index contributed by atoms with van der Waals surface area (Å²) in [6.45, 7) is 3.37. The fourth-order valence-corrected chi connectivity index (χ4v) is 1.35. The number of rotatable bonds is 4. The molecular formula is C14H14N2O3. The number of nitrogens with one attached hydrogen (secondary N) is 1. The van der Waals surface area contributed by atoms with Gasteiger partial charge in [-0.15, -0.1) is 6.42 Å². The quantitative estimate of drug-likeness (QED) is 0.389. The van der Waals surface area contributed by atoms with Gasteiger partial charge in [0.2, 0.25) is 5.91 Å². The van der Waals surface area contributed by atoms with Crippen LogP contribution in [0.5, 0.6) is 0 Å². The molecule has 0 saturated carbocycles. The van der Waals surface area contributed by atoms with Gasteiger partial charge in [0.05, 0.1) is 16.0 Å². The Morgan fingerprint density at radius 2 is 2.11 bits per heavy atom. The minimum Gasteiger partial charge on any atom is -0.337 e. The van der Waals surface area contributed by atoms with Crippen LogP contribution >= 0.6 is 0 Å². The number of hydrogen-bond acceptors (Lipinski definition) is 3. The van der Waals surface area contributed by atoms with E-state index < -0.39 is 16.4 Å². The maximum absolute atomic E-state index is 11.6. The van der Waals surface area contributed by atoms with Crippen molar-refractivity contribution in [1.29, 1.82) is 0 Å². The van der Waals surface area contributed by atoms with Gasteiger partial charge < -0.3 is 5.32 Å². The molecule has 0 saturated heterocycles. The van der Waals surface area contributed by atoms with Crippen molar-refractivity contribution in [1.82, 2.24) is 5.32 Å². The molecule has 19 heavy (non-hydrogen) atoms. The van der Waals surface area contributed by atoms with E-state index >= 15 is 0 Å². The lowest BCUT2D eigenvalue weighted by Gasteiger charge is -2.17. The van der Waals surface area contributed by atoms with E-state index in [-0.39, 0.29) is 5.69 Å². The van der Waals surface area contributed by atoms with Crippen LogP contribution in [-0.4, -0.2) is 16.4 Å². The van der Waals surface area contributed by atoms with Crippen molar-refractivity contribution in [3.05, 3.63) is 46.0 Å². The molecule has 0 aliphatic heterocycles. The molecule has 98 valence electrons. The predicted molar refractivity (Wildman–Crippen MR) is 73.2 cm³/mol. The fourth-order valence-electron chi connectivity index (χ4n) is 1.35. The lowest BCUT2D eigenvalue weighted by atomic mass is 10.1. The minimum atomic E-state index is -0.760. The van der Waals surface area contributed by atoms with Crippen LogP contribution in [0.2, 0.25) is 0 Å². The number of hydrogen-bond donors (Lipinski definition) is 1. The van der Waals surface area contributed by atoms with Crippen LogP contribution in [0.4, 0.5) is 5.69 Å². The summed E-state index contributed by atoms with van der Waals surface area (Å²) in [7, 11) is 0. The lowest BCUT2D eigenvalue weighted by molar-refractivity contribution is -0.385. The molecule has 5 nitrogen and oxygen atoms in total. The number of carbonyl (C=O) groups is 1. The third-order valence-corrected chi connectivity index (χ3v) is 2.34. The Kier molecular flexibility index (Phi) is 4.43. The molecule has 1 amide bonds. The van der Waals surface area contributed by atoms with Gasteiger partial charge in [-0.3, -0.25) is 14.9 Å². The molecule has 0 aliphatic carbocycles. The molecule has 0 unspecified atom stereocenters. The van der Waals surface area contributed by atoms with Crippen LogP contribution in [0, 0.1) is 22.5 Å². The Morgan fingerprint density at radius 3 is 2.68 bits per heavy atom. The number of nitrogens with zero attached hydrogens (tertiary/aromatic N) is 1. The van der Waals surface area contributed by atoms with Crippen molar-refractivity contribution in [3.8, 4) is 12.3 Å². The van der Waals surface area contributed by atoms with E-state index in [1.165, 1.54) is 18.2 Å². The normalized spacial score (nSPS) is 11.0. The molecular weight excluding hydrogens is 244 g/mol. The van der Waals surface area contributed by atoms with Gasteiger partial charge in [0.25, 0.3) is 5.69 Å². The average molecular weight is 258 g/mol. The van der Waals surface area contributed by atoms with Gasteiger partial charge >= 0.3 is 0 Å². The van der Waals surface area contributed by atoms with Gasteiger partial charge in [0.1, 0.15) is 0 Å². The van der Waals surface area contributed by atoms with Gasteiger partial charge in [-0.25, -0.2) is 0 Å². The molecule has 0 radical (unpaired) electrons. The Labute approximate surface area is 111 Å². The summed E-state index contributed by atoms with van der Waals surface area (Å²) in [5.74, 6) is 2.02. The van der Waals surface area contributed by atoms with Gasteiger partial charge in [0.15, 0.2) is 0 Å². The Hall–Kier alpha value is -2.61. The number of amides is 1. The largest absolute Gasteiger partial charge is 0.337 e. The summed E-state index contributed by atoms with van der Waals surface area (Å²) in [6.07, 6.45) is 7.86. The van der Waals surface area contributed by atoms with Crippen LogP contribution in [0.25, 0.3) is 6.08 Å². The highest BCUT2D eigenvalue weighted by molar-refractivity contribution is 5.93. The molecule has 1 aromatic rings. The zero-order valence-electron chi connectivity index (χ0n) is 10.7. The number of terminal acetylenes is 1. The highest BCUT2D eigenvalue weighted by atomic mass is 16.6. The van der Waals surface area contributed by atoms with E-state index in [0.29, 0.717) is 5.56 Å². The number of para-hydroxylation sites is 1. The van der Waals surface area contributed by atoms with Crippen molar-refractivity contribution in [3.63, 3.8) is 0 Å². The van der Waals surface area contributed by atoms with Crippen LogP contribution in [-0.2, 0) is 4.79 Å². The minimum absolute atomic E-state index is 0.0530. The molecule has 0 fully saturated rings. The first-order valence-corrected chi connectivity index (χ1v) is 5.57. The first-order valence-electron chi connectivity index (χ1n) is 5.57. The molecule has 0 spiro atoms. The molecule has 0 atom stereocenters. The van der Waals surface area contributed by atoms with Crippen molar-refractivity contribution in [2.45, 2.75) is 19.4 Å². The summed E-state index contributed by atoms with van der Waals surface area (Å²) in [6, 6.07) is 6.17. The average Bonchev–Trinajstić information content (AvgIpc) is 2.36. The molecule has 0 aliphatic rings. The highest BCUT2D eigenvalue weighted by Crippen LogP contribution is 2.18. The summed E-state index contributed by atoms with van der Waals surface area (Å²) < 4.78 is 0. The molecule has 0 heterocycles. The number of carbonyl (C=O) groups excluding carboxylic acids is 1. The van der Waals surface area contributed by atoms with Crippen LogP contribution in [0.3, 0.4) is 0 Å². The van der Waals surface area contributed by atoms with E-state index in [2.05, 4.69) is 11.2 Å². The Balaban J connectivity index is 2.86. The lowest BCUT2D eigenvalue weighted by Crippen LogP contribution is -2.41. The number of nitro groups is 1. The smallest absolute Gasteiger partial charge is 0.276 e. The van der Waals surface area contributed by atoms with Crippen molar-refractivity contribution < 1.29 is 9.72 Å². The van der Waals surface area contributed by atoms with Crippen molar-refractivity contribution in [2.24, 2.45) is 0 Å². The van der Waals surface area contributed by atoms with Crippen molar-refractivity contribution in [2.75, 3.05) is 0 Å². The first-order chi connectivity index (χ1) is 8.85. The predicted octanol–water partition coefficient (Wildman–Crippen LogP) is 2.14. The van der Waals surface area contributed by atoms with Crippen LogP contribution < -0.4 is 5.32 Å². The maximum atomic E-state index is 11.6. The zero-order valence-corrected chi connectivity index (χ0v) is 10.7. The highest BCUT2D eigenvalue weighted by Gasteiger charge is 2.15. The van der Waals surface area contributed by atoms with Gasteiger partial charge in [-0.2, -0.15) is 0 Å². The molecule has 0 aromatic heterocycles. The Morgan fingerprint density at radius 1 is 1.47 bits per heavy atom. The molecule has 1 N–H and O–H groups in total. The first kappa shape index (κ1) is 14.5. The van der Waals surface area contributed by atoms with Crippen LogP contribution in [0.15, 0.2) is 30.3 Å². The van der Waals surface area contributed by atoms with E-state index in [4.69, 9.17) is 6.42 Å². The molecule has 5 heteroatoms. The van der Waals surface area contributed by atoms with Gasteiger partial charge in [-0.05, 0) is 26.0 Å². The topological polar surface area (TPSA) is 72.2 Å². The maximum Gasteiger partial charge on any atom is 0.276 e. The SMILES string of the molecule is C#CC(C)(C)NC(=O)C=Cc1ccccc1[N+](=O)[O-]. The second kappa shape index (κ2) is 5.83. The van der Waals surface area contributed by atoms with E-state index in [1.807, 2.05) is 0 Å². The summed E-state index contributed by atoms with van der Waals surface area (Å²) in [5.41, 5.74) is -0.451. The standard InChI is InChI=1S/C14H14N2O3/c1-4-14(2,3)15-13(17)10-9-11-7-5-6-8-12(11)16(18)19/h1,5-10H,2-3H3,(H,15,17). The second-order valence-corrected chi connectivity index (χ2v) is 4.41. The molecule has 1 aromatic carbocycles. The Bertz CT molecular complexity index is 568. The fraction of sp³-hybridized carbons (Fsp3) is 0.214. The van der Waals surface area contributed by atoms with Crippen molar-refractivity contribution >= 4 is 17.7 Å². The second-order valence-electron chi connectivity index (χ2n) is 4.41. The summed E-state index contributed by atoms with van der Waals surface area (Å²) >= 11 is 0. The third kappa shape index (κ3) is 4.28. The number of nitro benzene ring substituents is 1. The summed E-state index contributed by atoms with van der Waals surface area (Å²) in [5, 5.41) is 13.4. The van der Waals surface area contributed by atoms with Crippen LogP contribution in [0.1, 0.15) is 19.4 Å². The zero-order chi connectivity index (χ0) is 14.5. The summed E-state index contributed by atoms with van der Waals surface area (Å²) in [4.78, 5) is 21.9. The third-order valence-electron chi connectivity index (χ3n) is 2.34.